The highest BCUT2D eigenvalue weighted by molar-refractivity contribution is 5.69. The third-order valence-corrected chi connectivity index (χ3v) is 2.36. The zero-order valence-corrected chi connectivity index (χ0v) is 10.1. The van der Waals surface area contributed by atoms with Crippen LogP contribution in [0.4, 0.5) is 4.79 Å². The van der Waals surface area contributed by atoms with E-state index < -0.39 is 11.2 Å². The largest absolute Gasteiger partial charge is 0.444 e. The van der Waals surface area contributed by atoms with Gasteiger partial charge in [0.05, 0.1) is 13.1 Å². The third-order valence-electron chi connectivity index (χ3n) is 2.36. The number of β-amino-alcohol motifs (C(OH)–C–C–N with tert-alkyl or cyclic N) is 1. The summed E-state index contributed by atoms with van der Waals surface area (Å²) in [6, 6.07) is 0. The van der Waals surface area contributed by atoms with Gasteiger partial charge in [0.1, 0.15) is 11.2 Å². The minimum absolute atomic E-state index is 0.309. The van der Waals surface area contributed by atoms with Crippen molar-refractivity contribution in [2.75, 3.05) is 13.1 Å². The van der Waals surface area contributed by atoms with E-state index in [0.717, 1.165) is 0 Å². The molecule has 0 spiro atoms. The summed E-state index contributed by atoms with van der Waals surface area (Å²) in [6.45, 7) is 6.06. The molecule has 1 aliphatic rings. The molecule has 4 heteroatoms. The summed E-state index contributed by atoms with van der Waals surface area (Å²) in [4.78, 5) is 13.0. The van der Waals surface area contributed by atoms with Crippen molar-refractivity contribution in [3.8, 4) is 12.3 Å². The molecule has 0 saturated carbocycles. The highest BCUT2D eigenvalue weighted by Crippen LogP contribution is 2.27. The van der Waals surface area contributed by atoms with Crippen LogP contribution >= 0.6 is 0 Å². The van der Waals surface area contributed by atoms with Crippen molar-refractivity contribution in [2.45, 2.75) is 44.8 Å². The number of amides is 1. The molecule has 0 aliphatic carbocycles. The number of terminal acetylenes is 1. The summed E-state index contributed by atoms with van der Waals surface area (Å²) < 4.78 is 5.17. The number of likely N-dealkylation sites (tertiary alicyclic amines) is 1. The molecule has 16 heavy (non-hydrogen) atoms. The summed E-state index contributed by atoms with van der Waals surface area (Å²) >= 11 is 0. The van der Waals surface area contributed by atoms with E-state index in [4.69, 9.17) is 11.2 Å². The van der Waals surface area contributed by atoms with Crippen molar-refractivity contribution in [1.82, 2.24) is 4.90 Å². The van der Waals surface area contributed by atoms with E-state index in [1.54, 1.807) is 0 Å². The molecule has 1 heterocycles. The van der Waals surface area contributed by atoms with E-state index in [9.17, 15) is 9.90 Å². The van der Waals surface area contributed by atoms with Crippen LogP contribution in [0.15, 0.2) is 0 Å². The zero-order chi connectivity index (χ0) is 12.4. The van der Waals surface area contributed by atoms with Crippen LogP contribution in [-0.4, -0.2) is 40.4 Å². The van der Waals surface area contributed by atoms with Crippen molar-refractivity contribution in [2.24, 2.45) is 0 Å². The molecule has 1 amide bonds. The van der Waals surface area contributed by atoms with Crippen molar-refractivity contribution in [3.63, 3.8) is 0 Å². The standard InChI is InChI=1S/C12H19NO3/c1-5-6-7-12(15)8-13(9-12)10(14)16-11(2,3)4/h1,15H,6-9H2,2-4H3. The first-order valence-electron chi connectivity index (χ1n) is 5.39. The van der Waals surface area contributed by atoms with E-state index in [2.05, 4.69) is 5.92 Å². The molecule has 0 aromatic rings. The van der Waals surface area contributed by atoms with Gasteiger partial charge in [-0.15, -0.1) is 12.3 Å². The Morgan fingerprint density at radius 3 is 2.56 bits per heavy atom. The average molecular weight is 225 g/mol. The molecule has 0 aromatic heterocycles. The van der Waals surface area contributed by atoms with Crippen molar-refractivity contribution in [1.29, 1.82) is 0 Å². The van der Waals surface area contributed by atoms with Crippen molar-refractivity contribution < 1.29 is 14.6 Å². The van der Waals surface area contributed by atoms with Crippen LogP contribution in [0.5, 0.6) is 0 Å². The van der Waals surface area contributed by atoms with Crippen LogP contribution in [0.2, 0.25) is 0 Å². The molecular weight excluding hydrogens is 206 g/mol. The van der Waals surface area contributed by atoms with Crippen LogP contribution < -0.4 is 0 Å². The van der Waals surface area contributed by atoms with Gasteiger partial charge < -0.3 is 14.7 Å². The van der Waals surface area contributed by atoms with Crippen molar-refractivity contribution >= 4 is 6.09 Å². The zero-order valence-electron chi connectivity index (χ0n) is 10.1. The van der Waals surface area contributed by atoms with Crippen LogP contribution in [0.25, 0.3) is 0 Å². The Kier molecular flexibility index (Phi) is 3.49. The van der Waals surface area contributed by atoms with Gasteiger partial charge >= 0.3 is 6.09 Å². The van der Waals surface area contributed by atoms with Gasteiger partial charge in [-0.05, 0) is 27.2 Å². The van der Waals surface area contributed by atoms with E-state index in [1.807, 2.05) is 20.8 Å². The Morgan fingerprint density at radius 1 is 1.56 bits per heavy atom. The Labute approximate surface area is 96.6 Å². The quantitative estimate of drug-likeness (QED) is 0.722. The van der Waals surface area contributed by atoms with E-state index >= 15 is 0 Å². The summed E-state index contributed by atoms with van der Waals surface area (Å²) in [5, 5.41) is 9.91. The number of hydrogen-bond donors (Lipinski definition) is 1. The molecule has 90 valence electrons. The van der Waals surface area contributed by atoms with Gasteiger partial charge in [-0.2, -0.15) is 0 Å². The van der Waals surface area contributed by atoms with Gasteiger partial charge in [0, 0.05) is 6.42 Å². The molecule has 0 unspecified atom stereocenters. The fraction of sp³-hybridized carbons (Fsp3) is 0.750. The summed E-state index contributed by atoms with van der Waals surface area (Å²) in [7, 11) is 0. The second kappa shape index (κ2) is 4.34. The third kappa shape index (κ3) is 3.42. The SMILES string of the molecule is C#CCCC1(O)CN(C(=O)OC(C)(C)C)C1. The first-order valence-corrected chi connectivity index (χ1v) is 5.39. The number of nitrogens with zero attached hydrogens (tertiary/aromatic N) is 1. The maximum absolute atomic E-state index is 11.6. The van der Waals surface area contributed by atoms with Crippen molar-refractivity contribution in [3.05, 3.63) is 0 Å². The highest BCUT2D eigenvalue weighted by Gasteiger charge is 2.44. The number of aliphatic hydroxyl groups is 1. The van der Waals surface area contributed by atoms with Gasteiger partial charge in [0.15, 0.2) is 0 Å². The van der Waals surface area contributed by atoms with Gasteiger partial charge in [-0.3, -0.25) is 0 Å². The normalized spacial score (nSPS) is 18.6. The lowest BCUT2D eigenvalue weighted by Crippen LogP contribution is -2.63. The smallest absolute Gasteiger partial charge is 0.410 e. The first-order chi connectivity index (χ1) is 7.26. The molecule has 1 aliphatic heterocycles. The minimum atomic E-state index is -0.816. The molecular formula is C12H19NO3. The predicted molar refractivity (Wildman–Crippen MR) is 60.8 cm³/mol. The van der Waals surface area contributed by atoms with E-state index in [0.29, 0.717) is 25.9 Å². The predicted octanol–water partition coefficient (Wildman–Crippen LogP) is 1.38. The number of hydrogen-bond acceptors (Lipinski definition) is 3. The lowest BCUT2D eigenvalue weighted by atomic mass is 9.89. The lowest BCUT2D eigenvalue weighted by molar-refractivity contribution is -0.101. The Bertz CT molecular complexity index is 305. The molecule has 1 N–H and O–H groups in total. The van der Waals surface area contributed by atoms with Gasteiger partial charge in [-0.25, -0.2) is 4.79 Å². The Hall–Kier alpha value is -1.21. The first kappa shape index (κ1) is 12.9. The maximum Gasteiger partial charge on any atom is 0.410 e. The van der Waals surface area contributed by atoms with E-state index in [1.165, 1.54) is 4.90 Å². The maximum atomic E-state index is 11.6. The van der Waals surface area contributed by atoms with Crippen LogP contribution in [-0.2, 0) is 4.74 Å². The average Bonchev–Trinajstić information content (AvgIpc) is 2.07. The summed E-state index contributed by atoms with van der Waals surface area (Å²) in [6.07, 6.45) is 5.81. The molecule has 1 fully saturated rings. The fourth-order valence-electron chi connectivity index (χ4n) is 1.58. The Morgan fingerprint density at radius 2 is 2.12 bits per heavy atom. The monoisotopic (exact) mass is 225 g/mol. The number of ether oxygens (including phenoxy) is 1. The number of carbonyl (C=O) groups excluding carboxylic acids is 1. The topological polar surface area (TPSA) is 49.8 Å². The lowest BCUT2D eigenvalue weighted by Gasteiger charge is -2.46. The molecule has 1 rings (SSSR count). The second-order valence-corrected chi connectivity index (χ2v) is 5.26. The molecule has 1 saturated heterocycles. The van der Waals surface area contributed by atoms with Gasteiger partial charge in [-0.1, -0.05) is 0 Å². The minimum Gasteiger partial charge on any atom is -0.444 e. The molecule has 0 radical (unpaired) electrons. The molecule has 0 aromatic carbocycles. The second-order valence-electron chi connectivity index (χ2n) is 5.26. The van der Waals surface area contributed by atoms with Gasteiger partial charge in [0.2, 0.25) is 0 Å². The van der Waals surface area contributed by atoms with Crippen LogP contribution in [0.3, 0.4) is 0 Å². The molecule has 0 atom stereocenters. The van der Waals surface area contributed by atoms with Crippen LogP contribution in [0, 0.1) is 12.3 Å². The number of rotatable bonds is 2. The molecule has 0 bridgehead atoms. The Balaban J connectivity index is 2.35. The highest BCUT2D eigenvalue weighted by atomic mass is 16.6. The summed E-state index contributed by atoms with van der Waals surface area (Å²) in [5.74, 6) is 2.48. The van der Waals surface area contributed by atoms with Crippen LogP contribution in [0.1, 0.15) is 33.6 Å². The fourth-order valence-corrected chi connectivity index (χ4v) is 1.58. The summed E-state index contributed by atoms with van der Waals surface area (Å²) in [5.41, 5.74) is -1.31. The molecule has 4 nitrogen and oxygen atoms in total. The number of carbonyl (C=O) groups is 1. The van der Waals surface area contributed by atoms with E-state index in [-0.39, 0.29) is 6.09 Å². The van der Waals surface area contributed by atoms with Gasteiger partial charge in [0.25, 0.3) is 0 Å².